The predicted octanol–water partition coefficient (Wildman–Crippen LogP) is 0.476. The van der Waals surface area contributed by atoms with E-state index in [-0.39, 0.29) is 24.5 Å². The monoisotopic (exact) mass is 308 g/mol. The van der Waals surface area contributed by atoms with E-state index in [0.29, 0.717) is 0 Å². The van der Waals surface area contributed by atoms with Crippen molar-refractivity contribution < 1.29 is 13.2 Å². The lowest BCUT2D eigenvalue weighted by Crippen LogP contribution is -2.33. The molecule has 0 aliphatic rings. The van der Waals surface area contributed by atoms with Gasteiger partial charge in [-0.15, -0.1) is 0 Å². The van der Waals surface area contributed by atoms with E-state index in [1.807, 2.05) is 30.3 Å². The topological polar surface area (TPSA) is 109 Å². The number of nitrogens with two attached hydrogens (primary N) is 1. The molecule has 112 valence electrons. The summed E-state index contributed by atoms with van der Waals surface area (Å²) in [5.74, 6) is -0.548. The number of sulfonamides is 1. The van der Waals surface area contributed by atoms with Gasteiger partial charge in [-0.3, -0.25) is 4.79 Å². The molecule has 0 aliphatic carbocycles. The van der Waals surface area contributed by atoms with Gasteiger partial charge in [-0.1, -0.05) is 30.3 Å². The Kier molecular flexibility index (Phi) is 4.71. The fourth-order valence-corrected chi connectivity index (χ4v) is 3.15. The van der Waals surface area contributed by atoms with Crippen molar-refractivity contribution in [2.75, 3.05) is 6.54 Å². The number of amides is 1. The minimum Gasteiger partial charge on any atom is -0.370 e. The van der Waals surface area contributed by atoms with Gasteiger partial charge in [-0.2, -0.15) is 4.31 Å². The number of carbonyl (C=O) groups excluding carboxylic acids is 1. The molecule has 0 saturated carbocycles. The van der Waals surface area contributed by atoms with E-state index >= 15 is 0 Å². The third-order valence-corrected chi connectivity index (χ3v) is 4.67. The number of hydrogen-bond acceptors (Lipinski definition) is 4. The number of aromatic amines is 1. The van der Waals surface area contributed by atoms with Gasteiger partial charge < -0.3 is 10.7 Å². The third-order valence-electron chi connectivity index (χ3n) is 2.90. The predicted molar refractivity (Wildman–Crippen MR) is 76.4 cm³/mol. The Labute approximate surface area is 122 Å². The van der Waals surface area contributed by atoms with Crippen molar-refractivity contribution in [3.05, 3.63) is 48.4 Å². The Hall–Kier alpha value is -2.19. The molecule has 3 N–H and O–H groups in total. The number of primary amides is 1. The molecule has 0 bridgehead atoms. The van der Waals surface area contributed by atoms with Crippen molar-refractivity contribution in [1.29, 1.82) is 0 Å². The maximum Gasteiger partial charge on any atom is 0.260 e. The van der Waals surface area contributed by atoms with E-state index in [1.165, 1.54) is 16.8 Å². The summed E-state index contributed by atoms with van der Waals surface area (Å²) in [6.07, 6.45) is 2.49. The molecule has 0 spiro atoms. The molecule has 0 atom stereocenters. The number of benzene rings is 1. The maximum atomic E-state index is 12.5. The van der Waals surface area contributed by atoms with Crippen LogP contribution >= 0.6 is 0 Å². The van der Waals surface area contributed by atoms with Gasteiger partial charge in [0.05, 0.1) is 12.5 Å². The molecule has 0 saturated heterocycles. The lowest BCUT2D eigenvalue weighted by Gasteiger charge is -2.20. The Morgan fingerprint density at radius 3 is 2.57 bits per heavy atom. The van der Waals surface area contributed by atoms with Gasteiger partial charge in [-0.05, 0) is 5.56 Å². The van der Waals surface area contributed by atoms with Gasteiger partial charge in [-0.25, -0.2) is 13.4 Å². The first-order valence-corrected chi connectivity index (χ1v) is 7.75. The number of rotatable bonds is 7. The molecule has 7 nitrogen and oxygen atoms in total. The molecular formula is C13H16N4O3S. The van der Waals surface area contributed by atoms with Gasteiger partial charge in [0.2, 0.25) is 5.91 Å². The van der Waals surface area contributed by atoms with Gasteiger partial charge in [0.25, 0.3) is 10.0 Å². The molecule has 1 heterocycles. The van der Waals surface area contributed by atoms with E-state index < -0.39 is 15.9 Å². The largest absolute Gasteiger partial charge is 0.370 e. The minimum absolute atomic E-state index is 0.0112. The number of H-pyrrole nitrogens is 1. The number of hydrogen-bond donors (Lipinski definition) is 2. The summed E-state index contributed by atoms with van der Waals surface area (Å²) in [5, 5.41) is -0.0112. The lowest BCUT2D eigenvalue weighted by molar-refractivity contribution is -0.118. The number of nitrogens with one attached hydrogen (secondary N) is 1. The van der Waals surface area contributed by atoms with Crippen LogP contribution in [0.5, 0.6) is 0 Å². The minimum atomic E-state index is -3.74. The smallest absolute Gasteiger partial charge is 0.260 e. The molecule has 0 radical (unpaired) electrons. The number of carbonyl (C=O) groups is 1. The van der Waals surface area contributed by atoms with E-state index in [9.17, 15) is 13.2 Å². The molecular weight excluding hydrogens is 292 g/mol. The van der Waals surface area contributed by atoms with Crippen molar-refractivity contribution in [2.45, 2.75) is 18.0 Å². The van der Waals surface area contributed by atoms with Crippen molar-refractivity contribution in [3.63, 3.8) is 0 Å². The highest BCUT2D eigenvalue weighted by Gasteiger charge is 2.26. The first-order valence-electron chi connectivity index (χ1n) is 6.31. The zero-order valence-electron chi connectivity index (χ0n) is 11.3. The fourth-order valence-electron chi connectivity index (χ4n) is 1.83. The van der Waals surface area contributed by atoms with Crippen LogP contribution in [-0.2, 0) is 21.4 Å². The summed E-state index contributed by atoms with van der Waals surface area (Å²) in [4.78, 5) is 17.2. The second kappa shape index (κ2) is 6.51. The molecule has 1 aromatic heterocycles. The van der Waals surface area contributed by atoms with Crippen LogP contribution in [-0.4, -0.2) is 35.1 Å². The second-order valence-corrected chi connectivity index (χ2v) is 6.36. The van der Waals surface area contributed by atoms with Crippen LogP contribution in [0.3, 0.4) is 0 Å². The summed E-state index contributed by atoms with van der Waals surface area (Å²) in [5.41, 5.74) is 5.94. The number of aromatic nitrogens is 2. The fraction of sp³-hybridized carbons (Fsp3) is 0.231. The molecule has 0 unspecified atom stereocenters. The zero-order valence-corrected chi connectivity index (χ0v) is 12.1. The summed E-state index contributed by atoms with van der Waals surface area (Å²) >= 11 is 0. The number of imidazole rings is 1. The lowest BCUT2D eigenvalue weighted by atomic mass is 10.2. The van der Waals surface area contributed by atoms with E-state index in [1.54, 1.807) is 0 Å². The molecule has 0 aliphatic heterocycles. The molecule has 1 amide bonds. The standard InChI is InChI=1S/C13H16N4O3S/c14-12(18)6-7-17(9-11-4-2-1-3-5-11)21(19,20)13-8-15-10-16-13/h1-5,8,10H,6-7,9H2,(H2,14,18)(H,15,16). The molecule has 1 aromatic carbocycles. The molecule has 0 fully saturated rings. The highest BCUT2D eigenvalue weighted by Crippen LogP contribution is 2.16. The average Bonchev–Trinajstić information content (AvgIpc) is 2.99. The first-order chi connectivity index (χ1) is 10.00. The Morgan fingerprint density at radius 1 is 1.29 bits per heavy atom. The summed E-state index contributed by atoms with van der Waals surface area (Å²) < 4.78 is 26.2. The van der Waals surface area contributed by atoms with Crippen LogP contribution in [0.15, 0.2) is 47.9 Å². The summed E-state index contributed by atoms with van der Waals surface area (Å²) in [6, 6.07) is 9.13. The van der Waals surface area contributed by atoms with Gasteiger partial charge >= 0.3 is 0 Å². The Morgan fingerprint density at radius 2 is 2.00 bits per heavy atom. The van der Waals surface area contributed by atoms with Crippen LogP contribution in [0, 0.1) is 0 Å². The molecule has 2 rings (SSSR count). The third kappa shape index (κ3) is 3.89. The number of nitrogens with zero attached hydrogens (tertiary/aromatic N) is 2. The first kappa shape index (κ1) is 15.2. The molecule has 8 heteroatoms. The van der Waals surface area contributed by atoms with Gasteiger partial charge in [0.15, 0.2) is 5.03 Å². The Balaban J connectivity index is 2.25. The van der Waals surface area contributed by atoms with Crippen molar-refractivity contribution in [1.82, 2.24) is 14.3 Å². The quantitative estimate of drug-likeness (QED) is 0.775. The van der Waals surface area contributed by atoms with E-state index in [4.69, 9.17) is 5.73 Å². The Bertz CT molecular complexity index is 683. The van der Waals surface area contributed by atoms with Crippen molar-refractivity contribution in [3.8, 4) is 0 Å². The molecule has 2 aromatic rings. The van der Waals surface area contributed by atoms with Crippen molar-refractivity contribution in [2.24, 2.45) is 5.73 Å². The average molecular weight is 308 g/mol. The van der Waals surface area contributed by atoms with Crippen LogP contribution < -0.4 is 5.73 Å². The second-order valence-electron chi connectivity index (χ2n) is 4.46. The van der Waals surface area contributed by atoms with Crippen LogP contribution in [0.4, 0.5) is 0 Å². The van der Waals surface area contributed by atoms with E-state index in [2.05, 4.69) is 9.97 Å². The maximum absolute atomic E-state index is 12.5. The van der Waals surface area contributed by atoms with E-state index in [0.717, 1.165) is 5.56 Å². The highest BCUT2D eigenvalue weighted by molar-refractivity contribution is 7.89. The van der Waals surface area contributed by atoms with Crippen molar-refractivity contribution >= 4 is 15.9 Å². The zero-order chi connectivity index (χ0) is 15.3. The summed E-state index contributed by atoms with van der Waals surface area (Å²) in [7, 11) is -3.74. The van der Waals surface area contributed by atoms with Gasteiger partial charge in [0.1, 0.15) is 0 Å². The summed E-state index contributed by atoms with van der Waals surface area (Å²) in [6.45, 7) is 0.182. The van der Waals surface area contributed by atoms with Crippen LogP contribution in [0.2, 0.25) is 0 Å². The molecule has 21 heavy (non-hydrogen) atoms. The highest BCUT2D eigenvalue weighted by atomic mass is 32.2. The van der Waals surface area contributed by atoms with Crippen LogP contribution in [0.1, 0.15) is 12.0 Å². The van der Waals surface area contributed by atoms with Gasteiger partial charge in [0, 0.05) is 19.5 Å². The van der Waals surface area contributed by atoms with Crippen LogP contribution in [0.25, 0.3) is 0 Å². The normalized spacial score (nSPS) is 11.7. The SMILES string of the molecule is NC(=O)CCN(Cc1ccccc1)S(=O)(=O)c1cnc[nH]1.